The molecule has 1 aliphatic rings. The van der Waals surface area contributed by atoms with Gasteiger partial charge in [0, 0.05) is 23.7 Å². The molecule has 8 nitrogen and oxygen atoms in total. The van der Waals surface area contributed by atoms with E-state index in [1.807, 2.05) is 31.2 Å². The number of hydrogen-bond donors (Lipinski definition) is 1. The van der Waals surface area contributed by atoms with Gasteiger partial charge in [-0.15, -0.1) is 10.2 Å². The predicted octanol–water partition coefficient (Wildman–Crippen LogP) is 3.58. The molecule has 0 spiro atoms. The Morgan fingerprint density at radius 2 is 1.93 bits per heavy atom. The molecule has 1 unspecified atom stereocenters. The molecular weight excluding hydrogens is 390 g/mol. The molecule has 1 amide bonds. The molecule has 1 N–H and O–H groups in total. The van der Waals surface area contributed by atoms with Crippen LogP contribution in [0.5, 0.6) is 0 Å². The number of nitrogens with one attached hydrogen (secondary N) is 1. The van der Waals surface area contributed by atoms with E-state index >= 15 is 0 Å². The van der Waals surface area contributed by atoms with Crippen molar-refractivity contribution >= 4 is 29.0 Å². The summed E-state index contributed by atoms with van der Waals surface area (Å²) in [5, 5.41) is 16.1. The van der Waals surface area contributed by atoms with Crippen LogP contribution in [0.15, 0.2) is 42.6 Å². The molecule has 29 heavy (non-hydrogen) atoms. The Morgan fingerprint density at radius 3 is 2.59 bits per heavy atom. The van der Waals surface area contributed by atoms with Crippen molar-refractivity contribution in [2.24, 2.45) is 0 Å². The number of rotatable bonds is 6. The van der Waals surface area contributed by atoms with E-state index in [1.165, 1.54) is 17.6 Å². The van der Waals surface area contributed by atoms with Gasteiger partial charge in [0.1, 0.15) is 5.82 Å². The Balaban J connectivity index is 1.45. The van der Waals surface area contributed by atoms with E-state index in [-0.39, 0.29) is 5.91 Å². The van der Waals surface area contributed by atoms with E-state index in [0.717, 1.165) is 24.5 Å². The van der Waals surface area contributed by atoms with E-state index < -0.39 is 6.04 Å². The van der Waals surface area contributed by atoms with Gasteiger partial charge < -0.3 is 10.2 Å². The third-order valence-electron chi connectivity index (χ3n) is 4.94. The van der Waals surface area contributed by atoms with Gasteiger partial charge in [0.15, 0.2) is 6.04 Å². The van der Waals surface area contributed by atoms with Crippen LogP contribution in [0.2, 0.25) is 5.02 Å². The van der Waals surface area contributed by atoms with Crippen molar-refractivity contribution in [3.8, 4) is 11.4 Å². The highest BCUT2D eigenvalue weighted by atomic mass is 35.5. The van der Waals surface area contributed by atoms with Gasteiger partial charge in [-0.3, -0.25) is 4.79 Å². The smallest absolute Gasteiger partial charge is 0.251 e. The van der Waals surface area contributed by atoms with E-state index in [4.69, 9.17) is 11.6 Å². The Labute approximate surface area is 173 Å². The summed E-state index contributed by atoms with van der Waals surface area (Å²) < 4.78 is 0. The monoisotopic (exact) mass is 411 g/mol. The number of benzene rings is 1. The van der Waals surface area contributed by atoms with Crippen LogP contribution in [0.4, 0.5) is 11.5 Å². The predicted molar refractivity (Wildman–Crippen MR) is 112 cm³/mol. The molecule has 9 heteroatoms. The number of amides is 1. The van der Waals surface area contributed by atoms with Crippen molar-refractivity contribution in [1.29, 1.82) is 0 Å². The molecule has 1 fully saturated rings. The second kappa shape index (κ2) is 8.57. The minimum Gasteiger partial charge on any atom is -0.357 e. The molecule has 0 radical (unpaired) electrons. The third kappa shape index (κ3) is 4.37. The Hall–Kier alpha value is -3.00. The Bertz CT molecular complexity index is 965. The van der Waals surface area contributed by atoms with Crippen LogP contribution in [-0.4, -0.2) is 44.2 Å². The van der Waals surface area contributed by atoms with Gasteiger partial charge in [-0.1, -0.05) is 18.5 Å². The molecule has 0 saturated carbocycles. The molecule has 2 aromatic heterocycles. The van der Waals surface area contributed by atoms with Crippen molar-refractivity contribution < 1.29 is 4.79 Å². The van der Waals surface area contributed by atoms with Gasteiger partial charge in [-0.05, 0) is 60.9 Å². The fourth-order valence-corrected chi connectivity index (χ4v) is 3.47. The van der Waals surface area contributed by atoms with Gasteiger partial charge in [-0.25, -0.2) is 4.98 Å². The second-order valence-electron chi connectivity index (χ2n) is 6.95. The molecule has 3 aromatic rings. The van der Waals surface area contributed by atoms with E-state index in [1.54, 1.807) is 18.3 Å². The topological polar surface area (TPSA) is 88.8 Å². The molecule has 1 atom stereocenters. The number of halogens is 1. The number of aromatic nitrogens is 5. The first-order chi connectivity index (χ1) is 14.1. The first kappa shape index (κ1) is 19.3. The highest BCUT2D eigenvalue weighted by Crippen LogP contribution is 2.21. The number of tetrazole rings is 1. The van der Waals surface area contributed by atoms with Gasteiger partial charge in [0.05, 0.1) is 11.9 Å². The number of nitrogens with zero attached hydrogens (tertiary/aromatic N) is 6. The fraction of sp³-hybridized carbons (Fsp3) is 0.350. The highest BCUT2D eigenvalue weighted by molar-refractivity contribution is 6.30. The summed E-state index contributed by atoms with van der Waals surface area (Å²) in [6, 6.07) is 10.4. The minimum absolute atomic E-state index is 0.205. The standard InChI is InChI=1S/C20H22ClN7O/c1-2-17(28-25-19(24-26-28)14-5-7-15(21)8-6-14)20(29)23-16-9-10-18(22-13-16)27-11-3-4-12-27/h5-10,13,17H,2-4,11-12H2,1H3,(H,23,29). The van der Waals surface area contributed by atoms with Crippen LogP contribution in [0.25, 0.3) is 11.4 Å². The zero-order chi connectivity index (χ0) is 20.2. The summed E-state index contributed by atoms with van der Waals surface area (Å²) in [5.74, 6) is 1.19. The van der Waals surface area contributed by atoms with E-state index in [2.05, 4.69) is 30.6 Å². The summed E-state index contributed by atoms with van der Waals surface area (Å²) in [6.45, 7) is 3.97. The first-order valence-electron chi connectivity index (χ1n) is 9.71. The molecule has 0 aliphatic carbocycles. The van der Waals surface area contributed by atoms with Crippen molar-refractivity contribution in [3.63, 3.8) is 0 Å². The summed E-state index contributed by atoms with van der Waals surface area (Å²) in [6.07, 6.45) is 4.61. The maximum Gasteiger partial charge on any atom is 0.251 e. The van der Waals surface area contributed by atoms with E-state index in [0.29, 0.717) is 23.0 Å². The zero-order valence-corrected chi connectivity index (χ0v) is 16.9. The molecule has 4 rings (SSSR count). The molecule has 1 saturated heterocycles. The van der Waals surface area contributed by atoms with Crippen molar-refractivity contribution in [2.75, 3.05) is 23.3 Å². The number of anilines is 2. The SMILES string of the molecule is CCC(C(=O)Nc1ccc(N2CCCC2)nc1)n1nnc(-c2ccc(Cl)cc2)n1. The largest absolute Gasteiger partial charge is 0.357 e. The molecule has 1 aliphatic heterocycles. The average Bonchev–Trinajstić information content (AvgIpc) is 3.42. The maximum atomic E-state index is 12.8. The van der Waals surface area contributed by atoms with Gasteiger partial charge >= 0.3 is 0 Å². The lowest BCUT2D eigenvalue weighted by Gasteiger charge is -2.17. The van der Waals surface area contributed by atoms with Crippen LogP contribution in [0.1, 0.15) is 32.2 Å². The lowest BCUT2D eigenvalue weighted by atomic mass is 10.2. The minimum atomic E-state index is -0.568. The van der Waals surface area contributed by atoms with Crippen LogP contribution in [0.3, 0.4) is 0 Å². The van der Waals surface area contributed by atoms with Crippen LogP contribution < -0.4 is 10.2 Å². The number of carbonyl (C=O) groups is 1. The molecular formula is C20H22ClN7O. The van der Waals surface area contributed by atoms with Crippen LogP contribution in [0, 0.1) is 0 Å². The maximum absolute atomic E-state index is 12.8. The molecule has 0 bridgehead atoms. The van der Waals surface area contributed by atoms with Gasteiger partial charge in [0.25, 0.3) is 5.91 Å². The summed E-state index contributed by atoms with van der Waals surface area (Å²) in [5.41, 5.74) is 1.44. The lowest BCUT2D eigenvalue weighted by Crippen LogP contribution is -2.27. The Kier molecular flexibility index (Phi) is 5.71. The van der Waals surface area contributed by atoms with E-state index in [9.17, 15) is 4.79 Å². The Morgan fingerprint density at radius 1 is 1.17 bits per heavy atom. The fourth-order valence-electron chi connectivity index (χ4n) is 3.34. The summed E-state index contributed by atoms with van der Waals surface area (Å²) in [7, 11) is 0. The number of pyridine rings is 1. The first-order valence-corrected chi connectivity index (χ1v) is 10.1. The summed E-state index contributed by atoms with van der Waals surface area (Å²) in [4.78, 5) is 20.9. The second-order valence-corrected chi connectivity index (χ2v) is 7.39. The van der Waals surface area contributed by atoms with Crippen molar-refractivity contribution in [3.05, 3.63) is 47.6 Å². The normalized spacial score (nSPS) is 14.8. The van der Waals surface area contributed by atoms with Crippen LogP contribution >= 0.6 is 11.6 Å². The quantitative estimate of drug-likeness (QED) is 0.666. The van der Waals surface area contributed by atoms with Gasteiger partial charge in [0.2, 0.25) is 5.82 Å². The lowest BCUT2D eigenvalue weighted by molar-refractivity contribution is -0.120. The average molecular weight is 412 g/mol. The zero-order valence-electron chi connectivity index (χ0n) is 16.1. The van der Waals surface area contributed by atoms with Gasteiger partial charge in [-0.2, -0.15) is 4.80 Å². The molecule has 150 valence electrons. The van der Waals surface area contributed by atoms with Crippen molar-refractivity contribution in [2.45, 2.75) is 32.2 Å². The molecule has 3 heterocycles. The number of hydrogen-bond acceptors (Lipinski definition) is 6. The van der Waals surface area contributed by atoms with Crippen LogP contribution in [-0.2, 0) is 4.79 Å². The van der Waals surface area contributed by atoms with Crippen molar-refractivity contribution in [1.82, 2.24) is 25.2 Å². The molecule has 1 aromatic carbocycles. The highest BCUT2D eigenvalue weighted by Gasteiger charge is 2.22. The summed E-state index contributed by atoms with van der Waals surface area (Å²) >= 11 is 5.92. The number of carbonyl (C=O) groups excluding carboxylic acids is 1. The third-order valence-corrected chi connectivity index (χ3v) is 5.20.